The molecular formula is C24H30N6O3. The zero-order chi connectivity index (χ0) is 23.7. The molecule has 0 saturated carbocycles. The van der Waals surface area contributed by atoms with E-state index in [9.17, 15) is 9.59 Å². The minimum Gasteiger partial charge on any atom is -0.496 e. The molecule has 0 spiro atoms. The number of carbonyl (C=O) groups is 2. The highest BCUT2D eigenvalue weighted by Crippen LogP contribution is 2.29. The molecule has 2 aromatic heterocycles. The zero-order valence-electron chi connectivity index (χ0n) is 19.7. The van der Waals surface area contributed by atoms with Crippen molar-refractivity contribution in [3.8, 4) is 17.0 Å². The lowest BCUT2D eigenvalue weighted by atomic mass is 9.98. The molecule has 1 aromatic carbocycles. The summed E-state index contributed by atoms with van der Waals surface area (Å²) in [7, 11) is 1.60. The number of aromatic nitrogens is 4. The number of nitrogens with zero attached hydrogens (tertiary/aromatic N) is 4. The molecular weight excluding hydrogens is 420 g/mol. The van der Waals surface area contributed by atoms with Crippen LogP contribution in [-0.2, 0) is 4.79 Å². The van der Waals surface area contributed by atoms with E-state index < -0.39 is 0 Å². The lowest BCUT2D eigenvalue weighted by Crippen LogP contribution is -2.56. The van der Waals surface area contributed by atoms with Gasteiger partial charge >= 0.3 is 0 Å². The molecule has 3 aromatic rings. The number of aromatic amines is 1. The predicted molar refractivity (Wildman–Crippen MR) is 124 cm³/mol. The van der Waals surface area contributed by atoms with Crippen LogP contribution in [0.2, 0.25) is 0 Å². The SMILES string of the molecule is COc1ccccc1-c1cc(C(=O)N2CC(C(=O)NCC(C)n3nc(C)c(C)c3C)C2)[nH]n1. The van der Waals surface area contributed by atoms with Crippen LogP contribution < -0.4 is 10.1 Å². The average molecular weight is 451 g/mol. The fourth-order valence-electron chi connectivity index (χ4n) is 4.06. The van der Waals surface area contributed by atoms with E-state index in [0.717, 1.165) is 17.0 Å². The van der Waals surface area contributed by atoms with Gasteiger partial charge in [0.1, 0.15) is 11.4 Å². The number of aryl methyl sites for hydroxylation is 1. The molecule has 0 bridgehead atoms. The first-order chi connectivity index (χ1) is 15.8. The molecule has 2 amide bonds. The fourth-order valence-corrected chi connectivity index (χ4v) is 4.06. The Morgan fingerprint density at radius 1 is 1.24 bits per heavy atom. The average Bonchev–Trinajstić information content (AvgIpc) is 3.37. The van der Waals surface area contributed by atoms with Gasteiger partial charge in [-0.2, -0.15) is 10.2 Å². The number of nitrogens with one attached hydrogen (secondary N) is 2. The van der Waals surface area contributed by atoms with Gasteiger partial charge in [0.25, 0.3) is 5.91 Å². The maximum Gasteiger partial charge on any atom is 0.271 e. The van der Waals surface area contributed by atoms with Gasteiger partial charge in [-0.15, -0.1) is 0 Å². The summed E-state index contributed by atoms with van der Waals surface area (Å²) in [6.45, 7) is 9.39. The predicted octanol–water partition coefficient (Wildman–Crippen LogP) is 2.66. The summed E-state index contributed by atoms with van der Waals surface area (Å²) in [4.78, 5) is 27.0. The highest BCUT2D eigenvalue weighted by Gasteiger charge is 2.36. The molecule has 2 N–H and O–H groups in total. The van der Waals surface area contributed by atoms with Crippen molar-refractivity contribution in [1.29, 1.82) is 0 Å². The van der Waals surface area contributed by atoms with Crippen molar-refractivity contribution < 1.29 is 14.3 Å². The van der Waals surface area contributed by atoms with Gasteiger partial charge in [0.2, 0.25) is 5.91 Å². The van der Waals surface area contributed by atoms with Gasteiger partial charge in [0.15, 0.2) is 0 Å². The van der Waals surface area contributed by atoms with Crippen LogP contribution >= 0.6 is 0 Å². The summed E-state index contributed by atoms with van der Waals surface area (Å²) in [5.74, 6) is 0.274. The summed E-state index contributed by atoms with van der Waals surface area (Å²) < 4.78 is 7.33. The number of amides is 2. The number of benzene rings is 1. The Morgan fingerprint density at radius 3 is 2.64 bits per heavy atom. The van der Waals surface area contributed by atoms with Crippen LogP contribution in [0.3, 0.4) is 0 Å². The number of carbonyl (C=O) groups excluding carboxylic acids is 2. The Bertz CT molecular complexity index is 1170. The van der Waals surface area contributed by atoms with Gasteiger partial charge in [-0.25, -0.2) is 0 Å². The van der Waals surface area contributed by atoms with Gasteiger partial charge in [0, 0.05) is 30.9 Å². The number of methoxy groups -OCH3 is 1. The molecule has 1 atom stereocenters. The third kappa shape index (κ3) is 4.35. The molecule has 1 unspecified atom stereocenters. The molecule has 9 heteroatoms. The molecule has 0 radical (unpaired) electrons. The van der Waals surface area contributed by atoms with E-state index >= 15 is 0 Å². The van der Waals surface area contributed by atoms with Crippen LogP contribution in [0.25, 0.3) is 11.3 Å². The molecule has 1 aliphatic rings. The third-order valence-corrected chi connectivity index (χ3v) is 6.41. The second kappa shape index (κ2) is 9.09. The van der Waals surface area contributed by atoms with Crippen molar-refractivity contribution in [1.82, 2.24) is 30.2 Å². The monoisotopic (exact) mass is 450 g/mol. The maximum atomic E-state index is 12.8. The number of likely N-dealkylation sites (tertiary alicyclic amines) is 1. The second-order valence-corrected chi connectivity index (χ2v) is 8.61. The van der Waals surface area contributed by atoms with Crippen molar-refractivity contribution in [3.05, 3.63) is 53.0 Å². The lowest BCUT2D eigenvalue weighted by molar-refractivity contribution is -0.129. The topological polar surface area (TPSA) is 105 Å². The van der Waals surface area contributed by atoms with Crippen LogP contribution in [0, 0.1) is 26.7 Å². The molecule has 1 fully saturated rings. The smallest absolute Gasteiger partial charge is 0.271 e. The molecule has 3 heterocycles. The highest BCUT2D eigenvalue weighted by atomic mass is 16.5. The van der Waals surface area contributed by atoms with Crippen molar-refractivity contribution >= 4 is 11.8 Å². The number of para-hydroxylation sites is 1. The number of rotatable bonds is 7. The van der Waals surface area contributed by atoms with Gasteiger partial charge in [-0.3, -0.25) is 19.4 Å². The molecule has 174 valence electrons. The van der Waals surface area contributed by atoms with Gasteiger partial charge < -0.3 is 15.0 Å². The lowest BCUT2D eigenvalue weighted by Gasteiger charge is -2.38. The first kappa shape index (κ1) is 22.6. The van der Waals surface area contributed by atoms with Crippen molar-refractivity contribution in [3.63, 3.8) is 0 Å². The number of ether oxygens (including phenoxy) is 1. The van der Waals surface area contributed by atoms with Crippen LogP contribution in [0.5, 0.6) is 5.75 Å². The first-order valence-corrected chi connectivity index (χ1v) is 11.1. The van der Waals surface area contributed by atoms with Crippen molar-refractivity contribution in [2.45, 2.75) is 33.7 Å². The third-order valence-electron chi connectivity index (χ3n) is 6.41. The van der Waals surface area contributed by atoms with Gasteiger partial charge in [-0.05, 0) is 51.5 Å². The Hall–Kier alpha value is -3.62. The van der Waals surface area contributed by atoms with Crippen LogP contribution in [0.1, 0.15) is 40.4 Å². The van der Waals surface area contributed by atoms with E-state index in [0.29, 0.717) is 36.8 Å². The van der Waals surface area contributed by atoms with Crippen molar-refractivity contribution in [2.75, 3.05) is 26.7 Å². The minimum atomic E-state index is -0.208. The molecule has 9 nitrogen and oxygen atoms in total. The Labute approximate surface area is 193 Å². The van der Waals surface area contributed by atoms with Gasteiger partial charge in [-0.1, -0.05) is 12.1 Å². The highest BCUT2D eigenvalue weighted by molar-refractivity contribution is 5.95. The molecule has 1 saturated heterocycles. The van der Waals surface area contributed by atoms with E-state index in [1.54, 1.807) is 18.1 Å². The molecule has 1 aliphatic heterocycles. The number of H-pyrrole nitrogens is 1. The molecule has 0 aliphatic carbocycles. The second-order valence-electron chi connectivity index (χ2n) is 8.61. The molecule has 33 heavy (non-hydrogen) atoms. The van der Waals surface area contributed by atoms with Crippen LogP contribution in [-0.4, -0.2) is 63.4 Å². The van der Waals surface area contributed by atoms with Crippen LogP contribution in [0.15, 0.2) is 30.3 Å². The number of hydrogen-bond acceptors (Lipinski definition) is 5. The fraction of sp³-hybridized carbons (Fsp3) is 0.417. The van der Waals surface area contributed by atoms with E-state index in [-0.39, 0.29) is 23.8 Å². The van der Waals surface area contributed by atoms with Gasteiger partial charge in [0.05, 0.1) is 30.5 Å². The Balaban J connectivity index is 1.30. The zero-order valence-corrected chi connectivity index (χ0v) is 19.7. The van der Waals surface area contributed by atoms with Crippen molar-refractivity contribution in [2.24, 2.45) is 5.92 Å². The van der Waals surface area contributed by atoms with E-state index in [4.69, 9.17) is 4.74 Å². The summed E-state index contributed by atoms with van der Waals surface area (Å²) >= 11 is 0. The van der Waals surface area contributed by atoms with E-state index in [2.05, 4.69) is 27.5 Å². The summed E-state index contributed by atoms with van der Waals surface area (Å²) in [6, 6.07) is 9.28. The Morgan fingerprint density at radius 2 is 1.97 bits per heavy atom. The summed E-state index contributed by atoms with van der Waals surface area (Å²) in [5.41, 5.74) is 5.13. The first-order valence-electron chi connectivity index (χ1n) is 11.1. The Kier molecular flexibility index (Phi) is 6.22. The maximum absolute atomic E-state index is 12.8. The standard InChI is InChI=1S/C24H30N6O3/c1-14(30-17(4)15(2)16(3)28-30)11-25-23(31)18-12-29(13-18)24(32)21-10-20(26-27-21)19-8-6-7-9-22(19)33-5/h6-10,14,18H,11-13H2,1-5H3,(H,25,31)(H,26,27). The largest absolute Gasteiger partial charge is 0.496 e. The van der Waals surface area contributed by atoms with E-state index in [1.807, 2.05) is 49.7 Å². The number of hydrogen-bond donors (Lipinski definition) is 2. The normalized spacial score (nSPS) is 14.6. The van der Waals surface area contributed by atoms with E-state index in [1.165, 1.54) is 5.56 Å². The van der Waals surface area contributed by atoms with Crippen LogP contribution in [0.4, 0.5) is 0 Å². The molecule has 4 rings (SSSR count). The summed E-state index contributed by atoms with van der Waals surface area (Å²) in [5, 5.41) is 14.6. The quantitative estimate of drug-likeness (QED) is 0.576. The summed E-state index contributed by atoms with van der Waals surface area (Å²) in [6.07, 6.45) is 0. The minimum absolute atomic E-state index is 0.0384.